The largest absolute Gasteiger partial charge is 0.492 e. The lowest BCUT2D eigenvalue weighted by molar-refractivity contribution is -0.137. The van der Waals surface area contributed by atoms with Crippen molar-refractivity contribution in [1.82, 2.24) is 10.3 Å². The van der Waals surface area contributed by atoms with E-state index in [1.54, 1.807) is 6.08 Å². The van der Waals surface area contributed by atoms with Gasteiger partial charge in [-0.15, -0.1) is 0 Å². The van der Waals surface area contributed by atoms with Crippen molar-refractivity contribution in [2.24, 2.45) is 0 Å². The number of pyridine rings is 1. The molecular weight excluding hydrogens is 520 g/mol. The molecule has 1 amide bonds. The fourth-order valence-corrected chi connectivity index (χ4v) is 4.87. The SMILES string of the molecule is CC1(C)OB(C(=Cc2ccc(C(F)(F)F)cn2)CNC(=O)OCC2c3ccccc3-c3ccccc32)OC1(C)C. The van der Waals surface area contributed by atoms with Crippen molar-refractivity contribution in [1.29, 1.82) is 0 Å². The normalized spacial score (nSPS) is 17.9. The summed E-state index contributed by atoms with van der Waals surface area (Å²) >= 11 is 0. The van der Waals surface area contributed by atoms with Crippen LogP contribution in [-0.2, 0) is 20.2 Å². The molecule has 0 atom stereocenters. The minimum atomic E-state index is -4.49. The summed E-state index contributed by atoms with van der Waals surface area (Å²) in [6.07, 6.45) is -2.79. The Bertz CT molecular complexity index is 1380. The third-order valence-electron chi connectivity index (χ3n) is 7.78. The van der Waals surface area contributed by atoms with Gasteiger partial charge in [-0.2, -0.15) is 13.2 Å². The van der Waals surface area contributed by atoms with E-state index in [0.29, 0.717) is 5.47 Å². The van der Waals surface area contributed by atoms with Gasteiger partial charge in [-0.1, -0.05) is 48.5 Å². The Morgan fingerprint density at radius 2 is 1.55 bits per heavy atom. The second-order valence-corrected chi connectivity index (χ2v) is 11.0. The van der Waals surface area contributed by atoms with Crippen molar-refractivity contribution >= 4 is 19.3 Å². The standard InChI is InChI=1S/C30H30BF3N2O4/c1-28(2)29(3,4)40-31(39-28)20(15-21-14-13-19(16-35-21)30(32,33)34)17-36-27(37)38-18-26-24-11-7-5-9-22(24)23-10-6-8-12-25(23)26/h5-16,26H,17-18H2,1-4H3,(H,36,37). The topological polar surface area (TPSA) is 69.7 Å². The molecule has 1 aromatic heterocycles. The number of alkyl halides is 3. The van der Waals surface area contributed by atoms with Gasteiger partial charge in [0, 0.05) is 18.7 Å². The van der Waals surface area contributed by atoms with Gasteiger partial charge in [-0.05, 0) is 73.6 Å². The number of carbonyl (C=O) groups excluding carboxylic acids is 1. The van der Waals surface area contributed by atoms with E-state index in [0.717, 1.165) is 34.5 Å². The van der Waals surface area contributed by atoms with Crippen molar-refractivity contribution in [3.63, 3.8) is 0 Å². The molecular formula is C30H30BF3N2O4. The number of alkyl carbamates (subject to hydrolysis) is 1. The molecule has 1 fully saturated rings. The Hall–Kier alpha value is -3.63. The van der Waals surface area contributed by atoms with Crippen molar-refractivity contribution in [2.45, 2.75) is 51.0 Å². The number of aromatic nitrogens is 1. The predicted octanol–water partition coefficient (Wildman–Crippen LogP) is 6.65. The maximum absolute atomic E-state index is 13.0. The second kappa shape index (κ2) is 10.4. The highest BCUT2D eigenvalue weighted by molar-refractivity contribution is 6.56. The molecule has 2 aromatic carbocycles. The van der Waals surface area contributed by atoms with E-state index in [4.69, 9.17) is 14.0 Å². The highest BCUT2D eigenvalue weighted by atomic mass is 19.4. The first-order valence-electron chi connectivity index (χ1n) is 13.0. The highest BCUT2D eigenvalue weighted by Crippen LogP contribution is 2.44. The Labute approximate surface area is 231 Å². The van der Waals surface area contributed by atoms with Gasteiger partial charge in [0.25, 0.3) is 0 Å². The Morgan fingerprint density at radius 1 is 0.975 bits per heavy atom. The van der Waals surface area contributed by atoms with Crippen LogP contribution >= 0.6 is 0 Å². The van der Waals surface area contributed by atoms with E-state index >= 15 is 0 Å². The van der Waals surface area contributed by atoms with Crippen LogP contribution in [-0.4, -0.2) is 42.5 Å². The highest BCUT2D eigenvalue weighted by Gasteiger charge is 2.52. The summed E-state index contributed by atoms with van der Waals surface area (Å²) in [6.45, 7) is 7.69. The Balaban J connectivity index is 1.30. The molecule has 0 unspecified atom stereocenters. The van der Waals surface area contributed by atoms with Crippen LogP contribution in [0.1, 0.15) is 56.0 Å². The molecule has 208 valence electrons. The molecule has 1 saturated heterocycles. The lowest BCUT2D eigenvalue weighted by atomic mass is 9.77. The first-order chi connectivity index (χ1) is 18.9. The molecule has 1 aliphatic carbocycles. The number of ether oxygens (including phenoxy) is 1. The zero-order valence-electron chi connectivity index (χ0n) is 22.7. The van der Waals surface area contributed by atoms with Crippen LogP contribution in [0.25, 0.3) is 17.2 Å². The van der Waals surface area contributed by atoms with Gasteiger partial charge >= 0.3 is 19.4 Å². The van der Waals surface area contributed by atoms with Gasteiger partial charge in [-0.3, -0.25) is 4.98 Å². The number of hydrogen-bond donors (Lipinski definition) is 1. The molecule has 2 aliphatic rings. The quantitative estimate of drug-likeness (QED) is 0.348. The van der Waals surface area contributed by atoms with E-state index < -0.39 is 36.2 Å². The minimum Gasteiger partial charge on any atom is -0.449 e. The minimum absolute atomic E-state index is 0.0177. The van der Waals surface area contributed by atoms with E-state index in [1.165, 1.54) is 6.07 Å². The molecule has 6 nitrogen and oxygen atoms in total. The summed E-state index contributed by atoms with van der Waals surface area (Å²) in [5.41, 5.74) is 3.04. The summed E-state index contributed by atoms with van der Waals surface area (Å²) < 4.78 is 56.9. The third-order valence-corrected chi connectivity index (χ3v) is 7.78. The monoisotopic (exact) mass is 550 g/mol. The maximum atomic E-state index is 13.0. The van der Waals surface area contributed by atoms with Gasteiger partial charge in [0.2, 0.25) is 0 Å². The van der Waals surface area contributed by atoms with Crippen LogP contribution < -0.4 is 5.32 Å². The smallest absolute Gasteiger partial charge is 0.449 e. The van der Waals surface area contributed by atoms with Gasteiger partial charge in [0.15, 0.2) is 0 Å². The zero-order chi connectivity index (χ0) is 28.7. The van der Waals surface area contributed by atoms with Crippen LogP contribution in [0.5, 0.6) is 0 Å². The molecule has 1 aliphatic heterocycles. The van der Waals surface area contributed by atoms with E-state index in [9.17, 15) is 18.0 Å². The molecule has 0 saturated carbocycles. The number of hydrogen-bond acceptors (Lipinski definition) is 5. The average Bonchev–Trinajstić information content (AvgIpc) is 3.34. The second-order valence-electron chi connectivity index (χ2n) is 11.0. The first-order valence-corrected chi connectivity index (χ1v) is 13.0. The van der Waals surface area contributed by atoms with Crippen LogP contribution in [0, 0.1) is 0 Å². The molecule has 10 heteroatoms. The number of nitrogens with one attached hydrogen (secondary N) is 1. The van der Waals surface area contributed by atoms with Gasteiger partial charge < -0.3 is 19.4 Å². The molecule has 1 N–H and O–H groups in total. The molecule has 3 aromatic rings. The predicted molar refractivity (Wildman–Crippen MR) is 146 cm³/mol. The maximum Gasteiger partial charge on any atom is 0.492 e. The van der Waals surface area contributed by atoms with Crippen molar-refractivity contribution in [2.75, 3.05) is 13.2 Å². The number of fused-ring (bicyclic) bond motifs is 3. The number of rotatable bonds is 6. The van der Waals surface area contributed by atoms with Crippen molar-refractivity contribution < 1.29 is 32.0 Å². The Morgan fingerprint density at radius 3 is 2.08 bits per heavy atom. The lowest BCUT2D eigenvalue weighted by Gasteiger charge is -2.32. The lowest BCUT2D eigenvalue weighted by Crippen LogP contribution is -2.41. The van der Waals surface area contributed by atoms with Crippen LogP contribution in [0.2, 0.25) is 0 Å². The van der Waals surface area contributed by atoms with Gasteiger partial charge in [0.1, 0.15) is 6.61 Å². The summed E-state index contributed by atoms with van der Waals surface area (Å²) in [4.78, 5) is 16.8. The van der Waals surface area contributed by atoms with Crippen molar-refractivity contribution in [3.05, 3.63) is 94.7 Å². The number of nitrogens with zero attached hydrogens (tertiary/aromatic N) is 1. The molecule has 0 spiro atoms. The van der Waals surface area contributed by atoms with Crippen LogP contribution in [0.4, 0.5) is 18.0 Å². The molecule has 2 heterocycles. The number of benzene rings is 2. The third kappa shape index (κ3) is 5.51. The molecule has 5 rings (SSSR count). The van der Waals surface area contributed by atoms with E-state index in [1.807, 2.05) is 64.1 Å². The summed E-state index contributed by atoms with van der Waals surface area (Å²) in [5.74, 6) is -0.0902. The Kier molecular flexibility index (Phi) is 7.27. The van der Waals surface area contributed by atoms with Crippen LogP contribution in [0.15, 0.2) is 72.3 Å². The fraction of sp³-hybridized carbons (Fsp3) is 0.333. The van der Waals surface area contributed by atoms with Crippen LogP contribution in [0.3, 0.4) is 0 Å². The molecule has 0 radical (unpaired) electrons. The summed E-state index contributed by atoms with van der Waals surface area (Å²) in [7, 11) is -0.844. The molecule has 0 bridgehead atoms. The van der Waals surface area contributed by atoms with Gasteiger partial charge in [0.05, 0.1) is 22.5 Å². The average molecular weight is 550 g/mol. The van der Waals surface area contributed by atoms with Crippen molar-refractivity contribution in [3.8, 4) is 11.1 Å². The van der Waals surface area contributed by atoms with E-state index in [-0.39, 0.29) is 24.8 Å². The van der Waals surface area contributed by atoms with Gasteiger partial charge in [-0.25, -0.2) is 4.79 Å². The molecule has 40 heavy (non-hydrogen) atoms. The fourth-order valence-electron chi connectivity index (χ4n) is 4.87. The summed E-state index contributed by atoms with van der Waals surface area (Å²) in [5, 5.41) is 2.74. The summed E-state index contributed by atoms with van der Waals surface area (Å²) in [6, 6.07) is 18.3. The number of halogens is 3. The number of carbonyl (C=O) groups is 1. The first kappa shape index (κ1) is 27.9. The zero-order valence-corrected chi connectivity index (χ0v) is 22.7. The number of amides is 1. The van der Waals surface area contributed by atoms with E-state index in [2.05, 4.69) is 22.4 Å².